The zero-order valence-corrected chi connectivity index (χ0v) is 12.4. The zero-order chi connectivity index (χ0) is 12.3. The third kappa shape index (κ3) is 2.11. The topological polar surface area (TPSA) is 27.7 Å². The van der Waals surface area contributed by atoms with Gasteiger partial charge in [0.15, 0.2) is 0 Å². The van der Waals surface area contributed by atoms with Gasteiger partial charge in [0, 0.05) is 0 Å². The molecule has 0 aliphatic carbocycles. The summed E-state index contributed by atoms with van der Waals surface area (Å²) in [5.74, 6) is 0. The van der Waals surface area contributed by atoms with Crippen LogP contribution in [0.4, 0.5) is 0 Å². The first-order valence-corrected chi connectivity index (χ1v) is 9.03. The zero-order valence-electron chi connectivity index (χ0n) is 10.3. The van der Waals surface area contributed by atoms with Gasteiger partial charge in [0.2, 0.25) is 0 Å². The van der Waals surface area contributed by atoms with Crippen molar-refractivity contribution in [2.45, 2.75) is 0 Å². The summed E-state index contributed by atoms with van der Waals surface area (Å²) in [6, 6.07) is 14.3. The molecular formula is C13H16GeO3. The van der Waals surface area contributed by atoms with Crippen LogP contribution in [0.3, 0.4) is 0 Å². The molecule has 0 bridgehead atoms. The average molecular weight is 293 g/mol. The Balaban J connectivity index is 2.69. The Kier molecular flexibility index (Phi) is 3.83. The monoisotopic (exact) mass is 294 g/mol. The van der Waals surface area contributed by atoms with Gasteiger partial charge in [-0.1, -0.05) is 0 Å². The second-order valence-corrected chi connectivity index (χ2v) is 9.73. The molecule has 0 heterocycles. The summed E-state index contributed by atoms with van der Waals surface area (Å²) in [6.07, 6.45) is 0. The van der Waals surface area contributed by atoms with Crippen molar-refractivity contribution in [3.63, 3.8) is 0 Å². The molecule has 0 saturated heterocycles. The van der Waals surface area contributed by atoms with E-state index < -0.39 is 14.3 Å². The molecule has 0 aliphatic heterocycles. The Labute approximate surface area is 105 Å². The van der Waals surface area contributed by atoms with Gasteiger partial charge < -0.3 is 0 Å². The maximum absolute atomic E-state index is 5.57. The van der Waals surface area contributed by atoms with Crippen molar-refractivity contribution in [3.05, 3.63) is 42.5 Å². The average Bonchev–Trinajstić information content (AvgIpc) is 2.41. The number of hydrogen-bond donors (Lipinski definition) is 0. The van der Waals surface area contributed by atoms with Crippen molar-refractivity contribution in [1.82, 2.24) is 0 Å². The van der Waals surface area contributed by atoms with Gasteiger partial charge in [0.25, 0.3) is 0 Å². The summed E-state index contributed by atoms with van der Waals surface area (Å²) in [5.41, 5.74) is 0. The van der Waals surface area contributed by atoms with Crippen LogP contribution in [0.2, 0.25) is 0 Å². The Morgan fingerprint density at radius 1 is 0.765 bits per heavy atom. The quantitative estimate of drug-likeness (QED) is 0.806. The van der Waals surface area contributed by atoms with Gasteiger partial charge in [-0.05, 0) is 0 Å². The van der Waals surface area contributed by atoms with Crippen LogP contribution in [-0.4, -0.2) is 35.6 Å². The second-order valence-electron chi connectivity index (χ2n) is 3.70. The minimum absolute atomic E-state index is 1.05. The summed E-state index contributed by atoms with van der Waals surface area (Å²) < 4.78 is 17.8. The Bertz CT molecular complexity index is 495. The van der Waals surface area contributed by atoms with Gasteiger partial charge in [-0.3, -0.25) is 0 Å². The molecule has 0 spiro atoms. The molecule has 2 aromatic carbocycles. The van der Waals surface area contributed by atoms with E-state index in [0.717, 1.165) is 9.78 Å². The van der Waals surface area contributed by atoms with Crippen molar-refractivity contribution >= 4 is 29.4 Å². The molecule has 2 rings (SSSR count). The molecule has 0 atom stereocenters. The minimum atomic E-state index is -3.32. The van der Waals surface area contributed by atoms with E-state index in [-0.39, 0.29) is 0 Å². The summed E-state index contributed by atoms with van der Waals surface area (Å²) in [7, 11) is 4.94. The van der Waals surface area contributed by atoms with Gasteiger partial charge >= 0.3 is 105 Å². The van der Waals surface area contributed by atoms with E-state index in [2.05, 4.69) is 18.2 Å². The molecule has 90 valence electrons. The predicted octanol–water partition coefficient (Wildman–Crippen LogP) is 1.92. The molecule has 3 nitrogen and oxygen atoms in total. The van der Waals surface area contributed by atoms with Crippen LogP contribution in [0.25, 0.3) is 10.8 Å². The van der Waals surface area contributed by atoms with Gasteiger partial charge in [0.1, 0.15) is 0 Å². The van der Waals surface area contributed by atoms with E-state index >= 15 is 0 Å². The Hall–Kier alpha value is -0.877. The third-order valence-corrected chi connectivity index (χ3v) is 8.61. The van der Waals surface area contributed by atoms with Crippen LogP contribution in [0.5, 0.6) is 0 Å². The third-order valence-electron chi connectivity index (χ3n) is 2.93. The molecule has 4 heteroatoms. The van der Waals surface area contributed by atoms with Crippen molar-refractivity contribution in [2.24, 2.45) is 0 Å². The molecule has 0 N–H and O–H groups in total. The van der Waals surface area contributed by atoms with Crippen LogP contribution >= 0.6 is 0 Å². The first-order valence-electron chi connectivity index (χ1n) is 5.41. The predicted molar refractivity (Wildman–Crippen MR) is 70.4 cm³/mol. The van der Waals surface area contributed by atoms with E-state index in [1.54, 1.807) is 21.3 Å². The number of fused-ring (bicyclic) bond motifs is 1. The summed E-state index contributed by atoms with van der Waals surface area (Å²) in [6.45, 7) is 0. The van der Waals surface area contributed by atoms with Crippen molar-refractivity contribution in [1.29, 1.82) is 0 Å². The first kappa shape index (κ1) is 12.6. The molecule has 0 radical (unpaired) electrons. The molecule has 0 aliphatic rings. The van der Waals surface area contributed by atoms with E-state index in [4.69, 9.17) is 11.3 Å². The normalized spacial score (nSPS) is 11.9. The van der Waals surface area contributed by atoms with Crippen molar-refractivity contribution in [3.8, 4) is 0 Å². The van der Waals surface area contributed by atoms with Crippen LogP contribution in [-0.2, 0) is 11.3 Å². The molecule has 0 saturated carbocycles. The number of benzene rings is 2. The van der Waals surface area contributed by atoms with Crippen molar-refractivity contribution < 1.29 is 11.3 Å². The van der Waals surface area contributed by atoms with E-state index in [1.165, 1.54) is 5.39 Å². The van der Waals surface area contributed by atoms with E-state index in [1.807, 2.05) is 24.3 Å². The van der Waals surface area contributed by atoms with Gasteiger partial charge in [-0.25, -0.2) is 0 Å². The summed E-state index contributed by atoms with van der Waals surface area (Å²) in [5, 5.41) is 2.31. The molecule has 0 fully saturated rings. The molecule has 17 heavy (non-hydrogen) atoms. The molecule has 0 amide bonds. The second kappa shape index (κ2) is 5.18. The molecule has 0 aromatic heterocycles. The van der Waals surface area contributed by atoms with Crippen LogP contribution in [0.15, 0.2) is 42.5 Å². The number of rotatable bonds is 4. The Morgan fingerprint density at radius 3 is 2.00 bits per heavy atom. The van der Waals surface area contributed by atoms with Crippen molar-refractivity contribution in [2.75, 3.05) is 21.3 Å². The van der Waals surface area contributed by atoms with Gasteiger partial charge in [0.05, 0.1) is 0 Å². The SMILES string of the molecule is C[O][Ge]([O]C)([O]C)[c]1cccc2ccccc12. The molecular weight excluding hydrogens is 277 g/mol. The fraction of sp³-hybridized carbons (Fsp3) is 0.231. The van der Waals surface area contributed by atoms with E-state index in [0.29, 0.717) is 0 Å². The summed E-state index contributed by atoms with van der Waals surface area (Å²) in [4.78, 5) is 0. The summed E-state index contributed by atoms with van der Waals surface area (Å²) >= 11 is -3.32. The van der Waals surface area contributed by atoms with Gasteiger partial charge in [-0.15, -0.1) is 0 Å². The molecule has 0 unspecified atom stereocenters. The molecule has 2 aromatic rings. The van der Waals surface area contributed by atoms with Crippen LogP contribution in [0.1, 0.15) is 0 Å². The van der Waals surface area contributed by atoms with E-state index in [9.17, 15) is 0 Å². The van der Waals surface area contributed by atoms with Crippen LogP contribution in [0, 0.1) is 0 Å². The number of hydrogen-bond acceptors (Lipinski definition) is 3. The standard InChI is InChI=1S/C13H16GeO3/c1-15-14(16-2,17-3)13-10-6-8-11-7-4-5-9-12(11)13/h4-10H,1-3H3. The van der Waals surface area contributed by atoms with Crippen LogP contribution < -0.4 is 4.40 Å². The maximum atomic E-state index is 5.57. The fourth-order valence-electron chi connectivity index (χ4n) is 2.07. The van der Waals surface area contributed by atoms with Gasteiger partial charge in [-0.2, -0.15) is 0 Å². The Morgan fingerprint density at radius 2 is 1.35 bits per heavy atom. The fourth-order valence-corrected chi connectivity index (χ4v) is 6.31. The first-order chi connectivity index (χ1) is 8.27.